The first-order chi connectivity index (χ1) is 7.36. The van der Waals surface area contributed by atoms with Crippen LogP contribution >= 0.6 is 24.8 Å². The van der Waals surface area contributed by atoms with Crippen LogP contribution in [0.3, 0.4) is 0 Å². The van der Waals surface area contributed by atoms with Crippen LogP contribution in [0.5, 0.6) is 0 Å². The molecule has 18 heavy (non-hydrogen) atoms. The molecule has 0 rings (SSSR count). The number of nitrogens with two attached hydrogens (primary N) is 2. The number of hydrogen-bond donors (Lipinski definition) is 8. The molecule has 0 aliphatic heterocycles. The third-order valence-corrected chi connectivity index (χ3v) is 1.89. The Labute approximate surface area is 118 Å². The Hall–Kier alpha value is 0.260. The topological polar surface area (TPSA) is 173 Å². The molecule has 0 saturated heterocycles. The lowest BCUT2D eigenvalue weighted by atomic mass is 10.1. The smallest absolute Gasteiger partial charge is 0.0856 e. The van der Waals surface area contributed by atoms with Gasteiger partial charge in [0, 0.05) is 0 Å². The molecule has 0 aliphatic carbocycles. The van der Waals surface area contributed by atoms with Crippen LogP contribution in [-0.4, -0.2) is 81.4 Å². The second-order valence-electron chi connectivity index (χ2n) is 3.67. The summed E-state index contributed by atoms with van der Waals surface area (Å²) in [7, 11) is 0. The molecule has 0 spiro atoms. The Kier molecular flexibility index (Phi) is 20.3. The van der Waals surface area contributed by atoms with Crippen molar-refractivity contribution in [2.24, 2.45) is 11.5 Å². The number of rotatable bonds is 6. The fraction of sp³-hybridized carbons (Fsp3) is 1.00. The summed E-state index contributed by atoms with van der Waals surface area (Å²) in [6, 6.07) is 0. The summed E-state index contributed by atoms with van der Waals surface area (Å²) in [6.45, 7) is -2.42. The van der Waals surface area contributed by atoms with Gasteiger partial charge in [0.15, 0.2) is 0 Å². The van der Waals surface area contributed by atoms with Gasteiger partial charge in [-0.25, -0.2) is 0 Å². The van der Waals surface area contributed by atoms with Crippen molar-refractivity contribution in [2.75, 3.05) is 39.6 Å². The van der Waals surface area contributed by atoms with Crippen molar-refractivity contribution in [3.8, 4) is 0 Å². The summed E-state index contributed by atoms with van der Waals surface area (Å²) in [5.41, 5.74) is 7.88. The van der Waals surface area contributed by atoms with Gasteiger partial charge >= 0.3 is 0 Å². The minimum absolute atomic E-state index is 0. The highest BCUT2D eigenvalue weighted by molar-refractivity contribution is 5.85. The van der Waals surface area contributed by atoms with Crippen molar-refractivity contribution in [3.63, 3.8) is 0 Å². The van der Waals surface area contributed by atoms with Gasteiger partial charge in [0.2, 0.25) is 0 Å². The molecule has 0 fully saturated rings. The molecule has 0 unspecified atom stereocenters. The number of hydrogen-bond acceptors (Lipinski definition) is 8. The molecule has 0 aromatic rings. The Morgan fingerprint density at radius 3 is 0.611 bits per heavy atom. The van der Waals surface area contributed by atoms with Gasteiger partial charge in [-0.2, -0.15) is 0 Å². The molecule has 0 heterocycles. The maximum absolute atomic E-state index is 8.34. The first-order valence-electron chi connectivity index (χ1n) is 4.60. The predicted octanol–water partition coefficient (Wildman–Crippen LogP) is -3.83. The normalized spacial score (nSPS) is 10.7. The molecular weight excluding hydrogens is 291 g/mol. The standard InChI is InChI=1S/2C4H11NO3.2ClH/c2*5-4(1-6,2-7)3-8;;/h2*6-8H,1-3,5H2;2*1H. The van der Waals surface area contributed by atoms with Crippen LogP contribution in [0.25, 0.3) is 0 Å². The first kappa shape index (κ1) is 26.8. The maximum Gasteiger partial charge on any atom is 0.0856 e. The highest BCUT2D eigenvalue weighted by atomic mass is 35.5. The minimum atomic E-state index is -1.21. The fourth-order valence-corrected chi connectivity index (χ4v) is 0.300. The van der Waals surface area contributed by atoms with Crippen LogP contribution in [0.2, 0.25) is 0 Å². The highest BCUT2D eigenvalue weighted by Gasteiger charge is 2.21. The number of aliphatic hydroxyl groups excluding tert-OH is 6. The number of halogens is 2. The van der Waals surface area contributed by atoms with Crippen molar-refractivity contribution < 1.29 is 30.6 Å². The molecule has 0 aromatic heterocycles. The van der Waals surface area contributed by atoms with Gasteiger partial charge in [-0.05, 0) is 0 Å². The molecule has 0 aliphatic rings. The van der Waals surface area contributed by atoms with Gasteiger partial charge in [-0.1, -0.05) is 0 Å². The molecule has 0 atom stereocenters. The second kappa shape index (κ2) is 13.7. The van der Waals surface area contributed by atoms with Gasteiger partial charge < -0.3 is 42.1 Å². The zero-order chi connectivity index (χ0) is 13.2. The fourth-order valence-electron chi connectivity index (χ4n) is 0.300. The van der Waals surface area contributed by atoms with Crippen molar-refractivity contribution in [1.82, 2.24) is 0 Å². The van der Waals surface area contributed by atoms with E-state index in [9.17, 15) is 0 Å². The molecule has 10 N–H and O–H groups in total. The van der Waals surface area contributed by atoms with Crippen LogP contribution in [0.4, 0.5) is 0 Å². The van der Waals surface area contributed by atoms with Gasteiger partial charge in [-0.15, -0.1) is 24.8 Å². The Morgan fingerprint density at radius 2 is 0.611 bits per heavy atom. The SMILES string of the molecule is Cl.Cl.NC(CO)(CO)CO.NC(CO)(CO)CO. The molecular formula is C8H24Cl2N2O6. The molecule has 8 nitrogen and oxygen atoms in total. The molecule has 0 saturated carbocycles. The third kappa shape index (κ3) is 11.4. The zero-order valence-electron chi connectivity index (χ0n) is 9.90. The van der Waals surface area contributed by atoms with Crippen LogP contribution in [-0.2, 0) is 0 Å². The predicted molar refractivity (Wildman–Crippen MR) is 70.8 cm³/mol. The first-order valence-corrected chi connectivity index (χ1v) is 4.60. The van der Waals surface area contributed by atoms with E-state index in [0.29, 0.717) is 0 Å². The largest absolute Gasteiger partial charge is 0.394 e. The zero-order valence-corrected chi connectivity index (χ0v) is 11.5. The molecule has 116 valence electrons. The van der Waals surface area contributed by atoms with Crippen molar-refractivity contribution in [1.29, 1.82) is 0 Å². The van der Waals surface area contributed by atoms with Gasteiger partial charge in [0.05, 0.1) is 50.7 Å². The van der Waals surface area contributed by atoms with E-state index in [1.54, 1.807) is 0 Å². The summed E-state index contributed by atoms with van der Waals surface area (Å²) in [6.07, 6.45) is 0. The van der Waals surface area contributed by atoms with Gasteiger partial charge in [0.25, 0.3) is 0 Å². The molecule has 0 bridgehead atoms. The average Bonchev–Trinajstić information content (AvgIpc) is 2.37. The molecule has 0 aromatic carbocycles. The number of aliphatic hydroxyl groups is 6. The van der Waals surface area contributed by atoms with Crippen LogP contribution in [0.1, 0.15) is 0 Å². The van der Waals surface area contributed by atoms with E-state index in [2.05, 4.69) is 0 Å². The van der Waals surface area contributed by atoms with Gasteiger partial charge in [-0.3, -0.25) is 0 Å². The second-order valence-corrected chi connectivity index (χ2v) is 3.67. The van der Waals surface area contributed by atoms with E-state index in [-0.39, 0.29) is 24.8 Å². The van der Waals surface area contributed by atoms with Gasteiger partial charge in [0.1, 0.15) is 0 Å². The minimum Gasteiger partial charge on any atom is -0.394 e. The average molecular weight is 315 g/mol. The van der Waals surface area contributed by atoms with E-state index in [1.807, 2.05) is 0 Å². The summed E-state index contributed by atoms with van der Waals surface area (Å²) >= 11 is 0. The lowest BCUT2D eigenvalue weighted by molar-refractivity contribution is 0.0695. The van der Waals surface area contributed by atoms with Crippen LogP contribution in [0.15, 0.2) is 0 Å². The van der Waals surface area contributed by atoms with E-state index >= 15 is 0 Å². The summed E-state index contributed by atoms with van der Waals surface area (Å²) < 4.78 is 0. The maximum atomic E-state index is 8.34. The Bertz CT molecular complexity index is 135. The third-order valence-electron chi connectivity index (χ3n) is 1.89. The van der Waals surface area contributed by atoms with Crippen molar-refractivity contribution in [3.05, 3.63) is 0 Å². The van der Waals surface area contributed by atoms with E-state index in [1.165, 1.54) is 0 Å². The van der Waals surface area contributed by atoms with E-state index in [0.717, 1.165) is 0 Å². The lowest BCUT2D eigenvalue weighted by Crippen LogP contribution is -2.50. The molecule has 10 heteroatoms. The van der Waals surface area contributed by atoms with E-state index in [4.69, 9.17) is 42.1 Å². The van der Waals surface area contributed by atoms with Crippen molar-refractivity contribution >= 4 is 24.8 Å². The summed E-state index contributed by atoms with van der Waals surface area (Å²) in [5.74, 6) is 0. The summed E-state index contributed by atoms with van der Waals surface area (Å²) in [5, 5.41) is 50.0. The monoisotopic (exact) mass is 314 g/mol. The quantitative estimate of drug-likeness (QED) is 0.246. The van der Waals surface area contributed by atoms with E-state index < -0.39 is 50.7 Å². The Morgan fingerprint density at radius 1 is 0.500 bits per heavy atom. The van der Waals surface area contributed by atoms with Crippen molar-refractivity contribution in [2.45, 2.75) is 11.1 Å². The Balaban J connectivity index is -0.0000000980. The van der Waals surface area contributed by atoms with Crippen LogP contribution < -0.4 is 11.5 Å². The molecule has 0 radical (unpaired) electrons. The van der Waals surface area contributed by atoms with Crippen LogP contribution in [0, 0.1) is 0 Å². The molecule has 0 amide bonds. The highest BCUT2D eigenvalue weighted by Crippen LogP contribution is 1.93. The summed E-state index contributed by atoms with van der Waals surface area (Å²) in [4.78, 5) is 0. The lowest BCUT2D eigenvalue weighted by Gasteiger charge is -2.20.